The number of nitrogens with one attached hydrogen (secondary N) is 1. The topological polar surface area (TPSA) is 93.1 Å². The molecule has 31 heavy (non-hydrogen) atoms. The SMILES string of the molecule is CN1C(=O)C2=C(O)C(O)C(C(=O)NCc3c(F)cc(F)cc3F)=CN2[C@@H]2CCCC[C@@H]21. The number of hydrogen-bond acceptors (Lipinski definition) is 5. The molecule has 1 saturated heterocycles. The number of carbonyl (C=O) groups is 2. The molecule has 2 amide bonds. The van der Waals surface area contributed by atoms with Gasteiger partial charge in [-0.05, 0) is 12.8 Å². The number of likely N-dealkylation sites (N-methyl/N-ethyl adjacent to an activating group) is 1. The molecule has 2 fully saturated rings. The number of halogens is 3. The summed E-state index contributed by atoms with van der Waals surface area (Å²) in [6.07, 6.45) is 2.92. The van der Waals surface area contributed by atoms with Crippen LogP contribution in [0.1, 0.15) is 31.2 Å². The molecule has 0 bridgehead atoms. The predicted molar refractivity (Wildman–Crippen MR) is 103 cm³/mol. The third-order valence-electron chi connectivity index (χ3n) is 6.20. The number of hydrogen-bond donors (Lipinski definition) is 3. The Morgan fingerprint density at radius 1 is 1.16 bits per heavy atom. The maximum absolute atomic E-state index is 13.8. The first-order valence-corrected chi connectivity index (χ1v) is 10.0. The van der Waals surface area contributed by atoms with Crippen LogP contribution in [-0.2, 0) is 16.1 Å². The number of fused-ring (bicyclic) bond motifs is 3. The van der Waals surface area contributed by atoms with Crippen LogP contribution in [0.2, 0.25) is 0 Å². The Labute approximate surface area is 176 Å². The molecule has 10 heteroatoms. The van der Waals surface area contributed by atoms with Crippen LogP contribution in [0.5, 0.6) is 0 Å². The highest BCUT2D eigenvalue weighted by Crippen LogP contribution is 2.38. The smallest absolute Gasteiger partial charge is 0.274 e. The summed E-state index contributed by atoms with van der Waals surface area (Å²) in [5.41, 5.74) is -0.876. The number of amides is 2. The lowest BCUT2D eigenvalue weighted by molar-refractivity contribution is -0.137. The molecule has 0 radical (unpaired) electrons. The second-order valence-electron chi connectivity index (χ2n) is 7.99. The summed E-state index contributed by atoms with van der Waals surface area (Å²) in [7, 11) is 1.65. The largest absolute Gasteiger partial charge is 0.507 e. The molecule has 7 nitrogen and oxygen atoms in total. The zero-order chi connectivity index (χ0) is 22.4. The highest BCUT2D eigenvalue weighted by molar-refractivity contribution is 5.99. The van der Waals surface area contributed by atoms with E-state index < -0.39 is 53.2 Å². The summed E-state index contributed by atoms with van der Waals surface area (Å²) < 4.78 is 40.7. The molecule has 3 N–H and O–H groups in total. The molecule has 1 aliphatic carbocycles. The van der Waals surface area contributed by atoms with Crippen molar-refractivity contribution in [3.63, 3.8) is 0 Å². The summed E-state index contributed by atoms with van der Waals surface area (Å²) in [4.78, 5) is 28.5. The second-order valence-corrected chi connectivity index (χ2v) is 7.99. The van der Waals surface area contributed by atoms with Gasteiger partial charge in [0.25, 0.3) is 11.8 Å². The maximum Gasteiger partial charge on any atom is 0.274 e. The molecule has 1 unspecified atom stereocenters. The van der Waals surface area contributed by atoms with E-state index in [-0.39, 0.29) is 23.4 Å². The summed E-state index contributed by atoms with van der Waals surface area (Å²) in [5.74, 6) is -5.37. The Balaban J connectivity index is 1.60. The molecular weight excluding hydrogens is 415 g/mol. The van der Waals surface area contributed by atoms with E-state index in [2.05, 4.69) is 5.32 Å². The maximum atomic E-state index is 13.8. The van der Waals surface area contributed by atoms with E-state index in [4.69, 9.17) is 0 Å². The molecule has 2 aliphatic heterocycles. The van der Waals surface area contributed by atoms with E-state index in [1.165, 1.54) is 11.1 Å². The monoisotopic (exact) mass is 437 g/mol. The second kappa shape index (κ2) is 7.92. The van der Waals surface area contributed by atoms with Crippen LogP contribution in [0.25, 0.3) is 0 Å². The van der Waals surface area contributed by atoms with E-state index in [0.29, 0.717) is 12.1 Å². The first kappa shape index (κ1) is 21.2. The Bertz CT molecular complexity index is 987. The lowest BCUT2D eigenvalue weighted by atomic mass is 9.84. The number of benzene rings is 1. The molecular formula is C21H22F3N3O4. The van der Waals surface area contributed by atoms with Crippen molar-refractivity contribution in [2.24, 2.45) is 0 Å². The van der Waals surface area contributed by atoms with Crippen molar-refractivity contribution in [3.8, 4) is 0 Å². The number of aliphatic hydroxyl groups is 2. The van der Waals surface area contributed by atoms with Gasteiger partial charge < -0.3 is 25.3 Å². The molecule has 4 rings (SSSR count). The number of carbonyl (C=O) groups excluding carboxylic acids is 2. The van der Waals surface area contributed by atoms with Gasteiger partial charge >= 0.3 is 0 Å². The van der Waals surface area contributed by atoms with Gasteiger partial charge in [0.15, 0.2) is 5.76 Å². The van der Waals surface area contributed by atoms with Crippen molar-refractivity contribution < 1.29 is 33.0 Å². The van der Waals surface area contributed by atoms with Gasteiger partial charge in [-0.3, -0.25) is 9.59 Å². The molecule has 2 heterocycles. The Morgan fingerprint density at radius 2 is 1.77 bits per heavy atom. The van der Waals surface area contributed by atoms with Gasteiger partial charge in [-0.25, -0.2) is 13.2 Å². The molecule has 3 aliphatic rings. The van der Waals surface area contributed by atoms with E-state index in [0.717, 1.165) is 25.7 Å². The number of piperazine rings is 1. The number of aliphatic hydroxyl groups excluding tert-OH is 2. The van der Waals surface area contributed by atoms with Gasteiger partial charge in [-0.2, -0.15) is 0 Å². The van der Waals surface area contributed by atoms with Gasteiger partial charge in [0.1, 0.15) is 29.3 Å². The molecule has 1 saturated carbocycles. The quantitative estimate of drug-likeness (QED) is 0.671. The summed E-state index contributed by atoms with van der Waals surface area (Å²) in [6.45, 7) is -0.591. The standard InChI is InChI=1S/C21H22F3N3O4/c1-26-15-4-2-3-5-16(15)27-9-12(18(28)19(29)17(27)21(26)31)20(30)25-8-11-13(23)6-10(22)7-14(11)24/h6-7,9,15-16,18,28-29H,2-5,8H2,1H3,(H,25,30)/t15-,16+,18?/m0/s1. The average Bonchev–Trinajstić information content (AvgIpc) is 2.73. The Morgan fingerprint density at radius 3 is 2.42 bits per heavy atom. The van der Waals surface area contributed by atoms with Crippen LogP contribution in [0, 0.1) is 17.5 Å². The molecule has 1 aromatic rings. The van der Waals surface area contributed by atoms with Gasteiger partial charge in [0.05, 0.1) is 17.7 Å². The Kier molecular flexibility index (Phi) is 5.42. The number of rotatable bonds is 3. The van der Waals surface area contributed by atoms with E-state index in [9.17, 15) is 33.0 Å². The van der Waals surface area contributed by atoms with Crippen molar-refractivity contribution >= 4 is 11.8 Å². The van der Waals surface area contributed by atoms with Crippen LogP contribution in [-0.4, -0.2) is 57.1 Å². The zero-order valence-electron chi connectivity index (χ0n) is 16.7. The van der Waals surface area contributed by atoms with E-state index >= 15 is 0 Å². The molecule has 0 aromatic heterocycles. The first-order valence-electron chi connectivity index (χ1n) is 10.0. The minimum Gasteiger partial charge on any atom is -0.507 e. The van der Waals surface area contributed by atoms with Crippen molar-refractivity contribution in [2.45, 2.75) is 50.4 Å². The lowest BCUT2D eigenvalue weighted by Gasteiger charge is -2.50. The van der Waals surface area contributed by atoms with Crippen LogP contribution < -0.4 is 5.32 Å². The molecule has 1 aromatic carbocycles. The molecule has 3 atom stereocenters. The minimum atomic E-state index is -1.77. The fraction of sp³-hybridized carbons (Fsp3) is 0.429. The van der Waals surface area contributed by atoms with E-state index in [1.54, 1.807) is 11.9 Å². The van der Waals surface area contributed by atoms with Gasteiger partial charge in [0, 0.05) is 37.5 Å². The zero-order valence-corrected chi connectivity index (χ0v) is 16.7. The summed E-state index contributed by atoms with van der Waals surface area (Å²) in [6, 6.07) is 0.727. The van der Waals surface area contributed by atoms with Crippen molar-refractivity contribution in [3.05, 3.63) is 58.4 Å². The van der Waals surface area contributed by atoms with Crippen molar-refractivity contribution in [2.75, 3.05) is 7.05 Å². The highest BCUT2D eigenvalue weighted by Gasteiger charge is 2.47. The van der Waals surface area contributed by atoms with Gasteiger partial charge in [0.2, 0.25) is 0 Å². The first-order chi connectivity index (χ1) is 14.7. The lowest BCUT2D eigenvalue weighted by Crippen LogP contribution is -2.61. The third kappa shape index (κ3) is 3.54. The van der Waals surface area contributed by atoms with Crippen LogP contribution in [0.15, 0.2) is 35.4 Å². The molecule has 166 valence electrons. The number of nitrogens with zero attached hydrogens (tertiary/aromatic N) is 2. The normalized spacial score (nSPS) is 25.8. The predicted octanol–water partition coefficient (Wildman–Crippen LogP) is 1.83. The van der Waals surface area contributed by atoms with Crippen LogP contribution >= 0.6 is 0 Å². The van der Waals surface area contributed by atoms with Crippen LogP contribution in [0.3, 0.4) is 0 Å². The third-order valence-corrected chi connectivity index (χ3v) is 6.20. The Hall–Kier alpha value is -3.01. The summed E-state index contributed by atoms with van der Waals surface area (Å²) >= 11 is 0. The molecule has 0 spiro atoms. The van der Waals surface area contributed by atoms with Gasteiger partial charge in [-0.1, -0.05) is 12.8 Å². The van der Waals surface area contributed by atoms with Gasteiger partial charge in [-0.15, -0.1) is 0 Å². The fourth-order valence-electron chi connectivity index (χ4n) is 4.56. The van der Waals surface area contributed by atoms with Crippen molar-refractivity contribution in [1.82, 2.24) is 15.1 Å². The van der Waals surface area contributed by atoms with E-state index in [1.807, 2.05) is 0 Å². The minimum absolute atomic E-state index is 0.0784. The summed E-state index contributed by atoms with van der Waals surface area (Å²) in [5, 5.41) is 23.3. The highest BCUT2D eigenvalue weighted by atomic mass is 19.1. The fourth-order valence-corrected chi connectivity index (χ4v) is 4.56. The average molecular weight is 437 g/mol. The van der Waals surface area contributed by atoms with Crippen LogP contribution in [0.4, 0.5) is 13.2 Å². The van der Waals surface area contributed by atoms with Crippen molar-refractivity contribution in [1.29, 1.82) is 0 Å².